The predicted molar refractivity (Wildman–Crippen MR) is 288 cm³/mol. The first-order valence-electron chi connectivity index (χ1n) is 28.1. The number of esters is 2. The number of allylic oxidation sites excluding steroid dienone is 13. The van der Waals surface area contributed by atoms with E-state index >= 15 is 0 Å². The summed E-state index contributed by atoms with van der Waals surface area (Å²) in [6, 6.07) is 0. The fraction of sp³-hybridized carbons (Fsp3) is 0.738. The summed E-state index contributed by atoms with van der Waals surface area (Å²) in [6.07, 6.45) is 74.8. The lowest BCUT2D eigenvalue weighted by atomic mass is 10.0. The maximum atomic E-state index is 12.8. The van der Waals surface area contributed by atoms with Gasteiger partial charge in [-0.25, -0.2) is 0 Å². The van der Waals surface area contributed by atoms with Gasteiger partial charge in [-0.1, -0.05) is 260 Å². The summed E-state index contributed by atoms with van der Waals surface area (Å²) in [5.74, 6) is -0.539. The number of carbonyl (C=O) groups excluding carboxylic acids is 2. The second-order valence-electron chi connectivity index (χ2n) is 18.5. The summed E-state index contributed by atoms with van der Waals surface area (Å²) in [7, 11) is 0. The largest absolute Gasteiger partial charge is 0.462 e. The van der Waals surface area contributed by atoms with Crippen molar-refractivity contribution >= 4 is 11.9 Å². The summed E-state index contributed by atoms with van der Waals surface area (Å²) >= 11 is 0. The van der Waals surface area contributed by atoms with Crippen LogP contribution in [-0.4, -0.2) is 37.9 Å². The Labute approximate surface area is 409 Å². The van der Waals surface area contributed by atoms with Crippen molar-refractivity contribution in [2.75, 3.05) is 19.8 Å². The Hall–Kier alpha value is -2.92. The van der Waals surface area contributed by atoms with Crippen LogP contribution < -0.4 is 0 Å². The van der Waals surface area contributed by atoms with Gasteiger partial charge in [0.25, 0.3) is 0 Å². The Balaban J connectivity index is 4.36. The third-order valence-corrected chi connectivity index (χ3v) is 11.9. The first kappa shape index (κ1) is 63.1. The van der Waals surface area contributed by atoms with Crippen LogP contribution in [0.5, 0.6) is 0 Å². The van der Waals surface area contributed by atoms with E-state index in [4.69, 9.17) is 14.2 Å². The van der Waals surface area contributed by atoms with Crippen LogP contribution in [0.2, 0.25) is 0 Å². The van der Waals surface area contributed by atoms with Crippen LogP contribution in [0.3, 0.4) is 0 Å². The van der Waals surface area contributed by atoms with Crippen molar-refractivity contribution in [3.8, 4) is 0 Å². The topological polar surface area (TPSA) is 61.8 Å². The van der Waals surface area contributed by atoms with Crippen molar-refractivity contribution in [3.05, 3.63) is 85.1 Å². The molecule has 0 heterocycles. The van der Waals surface area contributed by atoms with Crippen LogP contribution in [0, 0.1) is 0 Å². The van der Waals surface area contributed by atoms with E-state index in [1.807, 2.05) is 12.2 Å². The van der Waals surface area contributed by atoms with E-state index in [1.165, 1.54) is 167 Å². The van der Waals surface area contributed by atoms with Crippen LogP contribution in [0.15, 0.2) is 85.1 Å². The molecule has 1 atom stereocenters. The highest BCUT2D eigenvalue weighted by Gasteiger charge is 2.17. The maximum Gasteiger partial charge on any atom is 0.310 e. The van der Waals surface area contributed by atoms with Gasteiger partial charge in [0, 0.05) is 13.0 Å². The van der Waals surface area contributed by atoms with Gasteiger partial charge < -0.3 is 14.2 Å². The van der Waals surface area contributed by atoms with Gasteiger partial charge in [0.2, 0.25) is 0 Å². The van der Waals surface area contributed by atoms with Gasteiger partial charge in [-0.2, -0.15) is 0 Å². The molecule has 0 rings (SSSR count). The van der Waals surface area contributed by atoms with E-state index in [0.717, 1.165) is 64.2 Å². The molecule has 0 aromatic carbocycles. The van der Waals surface area contributed by atoms with E-state index in [1.54, 1.807) is 0 Å². The summed E-state index contributed by atoms with van der Waals surface area (Å²) < 4.78 is 17.3. The van der Waals surface area contributed by atoms with E-state index < -0.39 is 6.10 Å². The molecule has 0 aromatic rings. The zero-order valence-corrected chi connectivity index (χ0v) is 43.7. The first-order chi connectivity index (χ1) is 32.6. The number of carbonyl (C=O) groups is 2. The van der Waals surface area contributed by atoms with Crippen molar-refractivity contribution in [1.29, 1.82) is 0 Å². The Morgan fingerprint density at radius 1 is 0.364 bits per heavy atom. The quantitative estimate of drug-likeness (QED) is 0.0346. The van der Waals surface area contributed by atoms with E-state index in [9.17, 15) is 9.59 Å². The van der Waals surface area contributed by atoms with Gasteiger partial charge in [-0.3, -0.25) is 9.59 Å². The minimum Gasteiger partial charge on any atom is -0.462 e. The fourth-order valence-electron chi connectivity index (χ4n) is 7.79. The van der Waals surface area contributed by atoms with Crippen molar-refractivity contribution in [2.24, 2.45) is 0 Å². The van der Waals surface area contributed by atoms with E-state index in [-0.39, 0.29) is 31.6 Å². The molecule has 0 bridgehead atoms. The van der Waals surface area contributed by atoms with Crippen LogP contribution in [0.1, 0.15) is 265 Å². The monoisotopic (exact) mass is 919 g/mol. The van der Waals surface area contributed by atoms with Gasteiger partial charge in [-0.15, -0.1) is 0 Å². The zero-order valence-electron chi connectivity index (χ0n) is 43.7. The summed E-state index contributed by atoms with van der Waals surface area (Å²) in [5.41, 5.74) is 0. The fourth-order valence-corrected chi connectivity index (χ4v) is 7.79. The molecule has 0 amide bonds. The SMILES string of the molecule is CC/C=C\C/C=C\C/C=C\C/C=C\C/C=C\CC(=O)OC(COCCCCCCCCCC/C=C\C/C=C\CCCCC)COC(=O)CCCCCCCCCCCCCCCCCCC. The molecule has 0 radical (unpaired) electrons. The number of hydrogen-bond donors (Lipinski definition) is 0. The molecule has 5 nitrogen and oxygen atoms in total. The van der Waals surface area contributed by atoms with Gasteiger partial charge in [0.05, 0.1) is 13.0 Å². The van der Waals surface area contributed by atoms with E-state index in [2.05, 4.69) is 93.7 Å². The Morgan fingerprint density at radius 3 is 1.20 bits per heavy atom. The molecule has 0 saturated heterocycles. The second-order valence-corrected chi connectivity index (χ2v) is 18.5. The van der Waals surface area contributed by atoms with Crippen LogP contribution in [-0.2, 0) is 23.8 Å². The highest BCUT2D eigenvalue weighted by atomic mass is 16.6. The minimum absolute atomic E-state index is 0.0428. The smallest absolute Gasteiger partial charge is 0.310 e. The normalized spacial score (nSPS) is 12.8. The van der Waals surface area contributed by atoms with Crippen molar-refractivity contribution in [2.45, 2.75) is 271 Å². The van der Waals surface area contributed by atoms with Crippen LogP contribution in [0.25, 0.3) is 0 Å². The average molecular weight is 920 g/mol. The van der Waals surface area contributed by atoms with Gasteiger partial charge >= 0.3 is 11.9 Å². The summed E-state index contributed by atoms with van der Waals surface area (Å²) in [5, 5.41) is 0. The lowest BCUT2D eigenvalue weighted by Crippen LogP contribution is -2.29. The molecule has 0 aromatic heterocycles. The molecule has 1 unspecified atom stereocenters. The predicted octanol–water partition coefficient (Wildman–Crippen LogP) is 19.2. The number of hydrogen-bond acceptors (Lipinski definition) is 5. The molecule has 0 aliphatic rings. The average Bonchev–Trinajstić information content (AvgIpc) is 3.32. The summed E-state index contributed by atoms with van der Waals surface area (Å²) in [4.78, 5) is 25.4. The van der Waals surface area contributed by atoms with E-state index in [0.29, 0.717) is 13.0 Å². The Kier molecular flexibility index (Phi) is 53.9. The van der Waals surface area contributed by atoms with Crippen LogP contribution >= 0.6 is 0 Å². The van der Waals surface area contributed by atoms with Gasteiger partial charge in [0.15, 0.2) is 6.10 Å². The molecular weight excluding hydrogens is 813 g/mol. The van der Waals surface area contributed by atoms with Crippen molar-refractivity contribution < 1.29 is 23.8 Å². The Bertz CT molecular complexity index is 1220. The van der Waals surface area contributed by atoms with Crippen LogP contribution in [0.4, 0.5) is 0 Å². The molecular formula is C61H106O5. The third-order valence-electron chi connectivity index (χ3n) is 11.9. The van der Waals surface area contributed by atoms with Gasteiger partial charge in [0.1, 0.15) is 6.61 Å². The van der Waals surface area contributed by atoms with Crippen molar-refractivity contribution in [3.63, 3.8) is 0 Å². The third kappa shape index (κ3) is 53.7. The molecule has 0 N–H and O–H groups in total. The first-order valence-corrected chi connectivity index (χ1v) is 28.1. The molecule has 66 heavy (non-hydrogen) atoms. The second kappa shape index (κ2) is 56.4. The molecule has 0 aliphatic carbocycles. The summed E-state index contributed by atoms with van der Waals surface area (Å²) in [6.45, 7) is 7.60. The standard InChI is InChI=1S/C61H106O5/c1-4-7-10-13-16-19-22-25-28-30-32-35-38-41-44-47-50-53-56-64-57-59(66-61(63)55-52-49-46-43-40-37-33-27-24-21-18-15-12-9-6-3)58-65-60(62)54-51-48-45-42-39-36-34-31-29-26-23-20-17-14-11-8-5-2/h9,12,16,18-19,21,25,27-28,33,40,43,49,52,59H,4-8,10-11,13-15,17,20,22-24,26,29-32,34-39,41-42,44-48,50-51,53-58H2,1-3H3/b12-9-,19-16-,21-18-,28-25-,33-27-,43-40-,52-49-. The number of ether oxygens (including phenoxy) is 3. The maximum absolute atomic E-state index is 12.8. The lowest BCUT2D eigenvalue weighted by molar-refractivity contribution is -0.162. The minimum atomic E-state index is -0.596. The molecule has 0 spiro atoms. The zero-order chi connectivity index (χ0) is 47.7. The molecule has 380 valence electrons. The number of rotatable bonds is 51. The van der Waals surface area contributed by atoms with Crippen molar-refractivity contribution in [1.82, 2.24) is 0 Å². The molecule has 0 aliphatic heterocycles. The highest BCUT2D eigenvalue weighted by Crippen LogP contribution is 2.15. The van der Waals surface area contributed by atoms with Gasteiger partial charge in [-0.05, 0) is 77.0 Å². The lowest BCUT2D eigenvalue weighted by Gasteiger charge is -2.18. The molecule has 0 fully saturated rings. The highest BCUT2D eigenvalue weighted by molar-refractivity contribution is 5.71. The molecule has 5 heteroatoms. The molecule has 0 saturated carbocycles. The Morgan fingerprint density at radius 2 is 0.727 bits per heavy atom. The number of unbranched alkanes of at least 4 members (excludes halogenated alkanes) is 27.